The first-order valence-electron chi connectivity index (χ1n) is 7.09. The molecule has 1 aliphatic rings. The van der Waals surface area contributed by atoms with Crippen LogP contribution >= 0.6 is 11.3 Å². The van der Waals surface area contributed by atoms with E-state index in [0.717, 1.165) is 30.3 Å². The zero-order valence-corrected chi connectivity index (χ0v) is 12.8. The van der Waals surface area contributed by atoms with Gasteiger partial charge in [-0.1, -0.05) is 6.07 Å². The average molecular weight is 280 g/mol. The third-order valence-corrected chi connectivity index (χ3v) is 4.71. The Hall–Kier alpha value is -0.710. The van der Waals surface area contributed by atoms with Crippen molar-refractivity contribution in [1.29, 1.82) is 0 Å². The van der Waals surface area contributed by atoms with Crippen molar-refractivity contribution in [3.05, 3.63) is 22.4 Å². The summed E-state index contributed by atoms with van der Waals surface area (Å²) in [6, 6.07) is 3.87. The predicted octanol–water partition coefficient (Wildman–Crippen LogP) is 2.59. The Labute approximate surface area is 120 Å². The number of carbonyl (C=O) groups excluding carboxylic acids is 1. The van der Waals surface area contributed by atoms with E-state index in [0.29, 0.717) is 12.2 Å². The molecule has 1 saturated heterocycles. The fourth-order valence-electron chi connectivity index (χ4n) is 2.78. The molecule has 3 nitrogen and oxygen atoms in total. The van der Waals surface area contributed by atoms with Crippen LogP contribution in [0.3, 0.4) is 0 Å². The first-order chi connectivity index (χ1) is 9.15. The van der Waals surface area contributed by atoms with E-state index >= 15 is 0 Å². The van der Waals surface area contributed by atoms with Gasteiger partial charge in [0.1, 0.15) is 0 Å². The zero-order chi connectivity index (χ0) is 13.7. The Bertz CT molecular complexity index is 391. The lowest BCUT2D eigenvalue weighted by molar-refractivity contribution is 0.0979. The summed E-state index contributed by atoms with van der Waals surface area (Å²) < 4.78 is 0. The van der Waals surface area contributed by atoms with Crippen LogP contribution in [0.1, 0.15) is 28.9 Å². The van der Waals surface area contributed by atoms with Gasteiger partial charge in [0.2, 0.25) is 0 Å². The maximum atomic E-state index is 11.9. The van der Waals surface area contributed by atoms with Gasteiger partial charge in [-0.25, -0.2) is 0 Å². The number of rotatable bonds is 7. The minimum Gasteiger partial charge on any atom is -0.306 e. The molecule has 0 radical (unpaired) electrons. The highest BCUT2D eigenvalue weighted by Gasteiger charge is 2.20. The van der Waals surface area contributed by atoms with Crippen molar-refractivity contribution in [2.24, 2.45) is 5.92 Å². The van der Waals surface area contributed by atoms with Crippen molar-refractivity contribution < 1.29 is 4.79 Å². The molecule has 0 aromatic carbocycles. The predicted molar refractivity (Wildman–Crippen MR) is 81.0 cm³/mol. The van der Waals surface area contributed by atoms with Gasteiger partial charge in [0, 0.05) is 19.5 Å². The summed E-state index contributed by atoms with van der Waals surface area (Å²) in [7, 11) is 4.37. The normalized spacial score (nSPS) is 20.3. The van der Waals surface area contributed by atoms with Crippen molar-refractivity contribution in [1.82, 2.24) is 9.80 Å². The lowest BCUT2D eigenvalue weighted by atomic mass is 10.1. The number of ketones is 1. The molecule has 0 aliphatic carbocycles. The van der Waals surface area contributed by atoms with E-state index in [-0.39, 0.29) is 0 Å². The summed E-state index contributed by atoms with van der Waals surface area (Å²) in [6.45, 7) is 4.64. The maximum Gasteiger partial charge on any atom is 0.172 e. The van der Waals surface area contributed by atoms with Crippen LogP contribution in [0.2, 0.25) is 0 Å². The molecule has 1 aromatic rings. The van der Waals surface area contributed by atoms with Crippen LogP contribution in [0.25, 0.3) is 0 Å². The number of likely N-dealkylation sites (tertiary alicyclic amines) is 1. The van der Waals surface area contributed by atoms with Crippen molar-refractivity contribution in [3.63, 3.8) is 0 Å². The Kier molecular flexibility index (Phi) is 5.55. The number of nitrogens with zero attached hydrogens (tertiary/aromatic N) is 2. The molecule has 19 heavy (non-hydrogen) atoms. The van der Waals surface area contributed by atoms with E-state index in [9.17, 15) is 4.79 Å². The Balaban J connectivity index is 1.61. The maximum absolute atomic E-state index is 11.9. The molecule has 0 bridgehead atoms. The van der Waals surface area contributed by atoms with Gasteiger partial charge < -0.3 is 9.80 Å². The molecule has 0 amide bonds. The third kappa shape index (κ3) is 4.71. The SMILES string of the molecule is CN(CCCC(=O)c1cccs1)CC1CCN(C)C1. The van der Waals surface area contributed by atoms with Crippen LogP contribution in [-0.2, 0) is 0 Å². The van der Waals surface area contributed by atoms with Crippen LogP contribution in [0, 0.1) is 5.92 Å². The Morgan fingerprint density at radius 3 is 3.05 bits per heavy atom. The first-order valence-corrected chi connectivity index (χ1v) is 7.97. The topological polar surface area (TPSA) is 23.6 Å². The molecular formula is C15H24N2OS. The first kappa shape index (κ1) is 14.7. The van der Waals surface area contributed by atoms with E-state index < -0.39 is 0 Å². The van der Waals surface area contributed by atoms with Gasteiger partial charge in [0.15, 0.2) is 5.78 Å². The van der Waals surface area contributed by atoms with Gasteiger partial charge in [-0.05, 0) is 57.4 Å². The van der Waals surface area contributed by atoms with E-state index in [1.165, 1.54) is 19.5 Å². The van der Waals surface area contributed by atoms with Gasteiger partial charge in [-0.2, -0.15) is 0 Å². The van der Waals surface area contributed by atoms with Crippen molar-refractivity contribution in [2.75, 3.05) is 40.3 Å². The number of hydrogen-bond acceptors (Lipinski definition) is 4. The molecule has 2 rings (SSSR count). The van der Waals surface area contributed by atoms with Crippen molar-refractivity contribution >= 4 is 17.1 Å². The van der Waals surface area contributed by atoms with Crippen LogP contribution < -0.4 is 0 Å². The standard InChI is InChI=1S/C15H24N2OS/c1-16(11-13-7-9-17(2)12-13)8-3-5-14(18)15-6-4-10-19-15/h4,6,10,13H,3,5,7-9,11-12H2,1-2H3. The van der Waals surface area contributed by atoms with Crippen LogP contribution in [0.15, 0.2) is 17.5 Å². The highest BCUT2D eigenvalue weighted by molar-refractivity contribution is 7.12. The summed E-state index contributed by atoms with van der Waals surface area (Å²) in [4.78, 5) is 17.5. The smallest absolute Gasteiger partial charge is 0.172 e. The molecule has 4 heteroatoms. The fourth-order valence-corrected chi connectivity index (χ4v) is 3.47. The molecule has 0 saturated carbocycles. The second-order valence-electron chi connectivity index (χ2n) is 5.68. The summed E-state index contributed by atoms with van der Waals surface area (Å²) in [5.74, 6) is 1.10. The number of carbonyl (C=O) groups is 1. The van der Waals surface area contributed by atoms with E-state index in [1.807, 2.05) is 17.5 Å². The van der Waals surface area contributed by atoms with Crippen molar-refractivity contribution in [2.45, 2.75) is 19.3 Å². The van der Waals surface area contributed by atoms with Gasteiger partial charge in [-0.15, -0.1) is 11.3 Å². The minimum absolute atomic E-state index is 0.295. The Morgan fingerprint density at radius 1 is 1.58 bits per heavy atom. The number of hydrogen-bond donors (Lipinski definition) is 0. The lowest BCUT2D eigenvalue weighted by Crippen LogP contribution is -2.28. The molecule has 1 aromatic heterocycles. The van der Waals surface area contributed by atoms with Gasteiger partial charge in [-0.3, -0.25) is 4.79 Å². The number of thiophene rings is 1. The molecular weight excluding hydrogens is 256 g/mol. The van der Waals surface area contributed by atoms with Gasteiger partial charge >= 0.3 is 0 Å². The Morgan fingerprint density at radius 2 is 2.42 bits per heavy atom. The summed E-state index contributed by atoms with van der Waals surface area (Å²) in [5, 5.41) is 1.97. The molecule has 1 unspecified atom stereocenters. The van der Waals surface area contributed by atoms with E-state index in [1.54, 1.807) is 11.3 Å². The largest absolute Gasteiger partial charge is 0.306 e. The summed E-state index contributed by atoms with van der Waals surface area (Å²) in [6.07, 6.45) is 2.96. The number of Topliss-reactive ketones (excluding diaryl/α,β-unsaturated/α-hetero) is 1. The van der Waals surface area contributed by atoms with Gasteiger partial charge in [0.25, 0.3) is 0 Å². The highest BCUT2D eigenvalue weighted by atomic mass is 32.1. The summed E-state index contributed by atoms with van der Waals surface area (Å²) in [5.41, 5.74) is 0. The zero-order valence-electron chi connectivity index (χ0n) is 12.0. The second-order valence-corrected chi connectivity index (χ2v) is 6.63. The van der Waals surface area contributed by atoms with Crippen LogP contribution in [0.4, 0.5) is 0 Å². The highest BCUT2D eigenvalue weighted by Crippen LogP contribution is 2.16. The van der Waals surface area contributed by atoms with Crippen molar-refractivity contribution in [3.8, 4) is 0 Å². The molecule has 0 spiro atoms. The van der Waals surface area contributed by atoms with Crippen LogP contribution in [-0.4, -0.2) is 55.9 Å². The molecule has 1 fully saturated rings. The molecule has 1 atom stereocenters. The summed E-state index contributed by atoms with van der Waals surface area (Å²) >= 11 is 1.55. The fraction of sp³-hybridized carbons (Fsp3) is 0.667. The quantitative estimate of drug-likeness (QED) is 0.717. The van der Waals surface area contributed by atoms with E-state index in [2.05, 4.69) is 23.9 Å². The van der Waals surface area contributed by atoms with Gasteiger partial charge in [0.05, 0.1) is 4.88 Å². The molecule has 106 valence electrons. The average Bonchev–Trinajstić information content (AvgIpc) is 3.00. The minimum atomic E-state index is 0.295. The molecule has 0 N–H and O–H groups in total. The monoisotopic (exact) mass is 280 g/mol. The lowest BCUT2D eigenvalue weighted by Gasteiger charge is -2.20. The van der Waals surface area contributed by atoms with E-state index in [4.69, 9.17) is 0 Å². The molecule has 2 heterocycles. The third-order valence-electron chi connectivity index (χ3n) is 3.80. The van der Waals surface area contributed by atoms with Crippen LogP contribution in [0.5, 0.6) is 0 Å². The molecule has 1 aliphatic heterocycles. The second kappa shape index (κ2) is 7.17.